The molecule has 2 aliphatic rings. The minimum absolute atomic E-state index is 0.651. The van der Waals surface area contributed by atoms with Crippen molar-refractivity contribution in [3.8, 4) is 11.3 Å². The fourth-order valence-electron chi connectivity index (χ4n) is 3.60. The third kappa shape index (κ3) is 2.15. The van der Waals surface area contributed by atoms with Gasteiger partial charge in [0.15, 0.2) is 6.29 Å². The normalized spacial score (nSPS) is 11.2. The predicted octanol–water partition coefficient (Wildman–Crippen LogP) is 5.56. The molecule has 2 heteroatoms. The van der Waals surface area contributed by atoms with Gasteiger partial charge < -0.3 is 4.42 Å². The Morgan fingerprint density at radius 1 is 0.917 bits per heavy atom. The first kappa shape index (κ1) is 14.7. The molecule has 2 aromatic rings. The van der Waals surface area contributed by atoms with Crippen molar-refractivity contribution < 1.29 is 9.21 Å². The molecule has 0 atom stereocenters. The molecule has 0 bridgehead atoms. The highest BCUT2D eigenvalue weighted by atomic mass is 16.3. The van der Waals surface area contributed by atoms with Gasteiger partial charge in [-0.2, -0.15) is 0 Å². The number of benzene rings is 2. The lowest BCUT2D eigenvalue weighted by Crippen LogP contribution is -1.99. The Hall–Kier alpha value is -2.87. The van der Waals surface area contributed by atoms with Crippen LogP contribution in [0.2, 0.25) is 0 Å². The molecule has 1 aliphatic carbocycles. The monoisotopic (exact) mass is 314 g/mol. The maximum atomic E-state index is 11.6. The highest BCUT2D eigenvalue weighted by Gasteiger charge is 2.24. The van der Waals surface area contributed by atoms with E-state index in [2.05, 4.69) is 37.3 Å². The van der Waals surface area contributed by atoms with E-state index in [9.17, 15) is 4.79 Å². The molecule has 0 aromatic heterocycles. The van der Waals surface area contributed by atoms with Crippen molar-refractivity contribution in [2.45, 2.75) is 20.3 Å². The maximum Gasteiger partial charge on any atom is 0.154 e. The van der Waals surface area contributed by atoms with Gasteiger partial charge in [0.25, 0.3) is 0 Å². The van der Waals surface area contributed by atoms with Crippen molar-refractivity contribution in [2.24, 2.45) is 0 Å². The van der Waals surface area contributed by atoms with Gasteiger partial charge in [-0.05, 0) is 41.3 Å². The van der Waals surface area contributed by atoms with Gasteiger partial charge >= 0.3 is 0 Å². The highest BCUT2D eigenvalue weighted by Crippen LogP contribution is 2.42. The Labute approximate surface area is 141 Å². The lowest BCUT2D eigenvalue weighted by molar-refractivity contribution is 0.112. The van der Waals surface area contributed by atoms with Crippen molar-refractivity contribution >= 4 is 17.1 Å². The van der Waals surface area contributed by atoms with Crippen molar-refractivity contribution in [1.82, 2.24) is 0 Å². The molecule has 2 nitrogen and oxygen atoms in total. The summed E-state index contributed by atoms with van der Waals surface area (Å²) in [6.45, 7) is 4.11. The van der Waals surface area contributed by atoms with Gasteiger partial charge in [0, 0.05) is 12.0 Å². The third-order valence-corrected chi connectivity index (χ3v) is 4.81. The van der Waals surface area contributed by atoms with Crippen LogP contribution in [0, 0.1) is 13.8 Å². The van der Waals surface area contributed by atoms with Crippen LogP contribution in [0.3, 0.4) is 0 Å². The van der Waals surface area contributed by atoms with E-state index in [0.717, 1.165) is 34.8 Å². The van der Waals surface area contributed by atoms with Crippen LogP contribution in [0.1, 0.15) is 32.8 Å². The molecule has 1 heterocycles. The van der Waals surface area contributed by atoms with Crippen molar-refractivity contribution in [3.63, 3.8) is 0 Å². The number of aryl methyl sites for hydroxylation is 1. The number of hydrogen-bond acceptors (Lipinski definition) is 2. The van der Waals surface area contributed by atoms with Crippen LogP contribution in [0.4, 0.5) is 0 Å². The Kier molecular flexibility index (Phi) is 3.46. The van der Waals surface area contributed by atoms with Gasteiger partial charge in [0.05, 0.1) is 5.56 Å². The molecular formula is C22H18O2. The second kappa shape index (κ2) is 5.64. The van der Waals surface area contributed by atoms with E-state index >= 15 is 0 Å². The van der Waals surface area contributed by atoms with E-state index < -0.39 is 0 Å². The Morgan fingerprint density at radius 2 is 1.58 bits per heavy atom. The minimum atomic E-state index is 0.651. The topological polar surface area (TPSA) is 30.2 Å². The van der Waals surface area contributed by atoms with Crippen LogP contribution in [0.25, 0.3) is 22.1 Å². The quantitative estimate of drug-likeness (QED) is 0.464. The van der Waals surface area contributed by atoms with Crippen LogP contribution >= 0.6 is 0 Å². The maximum absolute atomic E-state index is 11.6. The fourth-order valence-corrected chi connectivity index (χ4v) is 3.60. The molecule has 24 heavy (non-hydrogen) atoms. The van der Waals surface area contributed by atoms with Crippen LogP contribution in [-0.2, 0) is 6.42 Å². The summed E-state index contributed by atoms with van der Waals surface area (Å²) < 4.78 is 6.12. The molecule has 0 spiro atoms. The smallest absolute Gasteiger partial charge is 0.154 e. The Bertz CT molecular complexity index is 1010. The molecule has 0 radical (unpaired) electrons. The number of hydrogen-bond donors (Lipinski definition) is 0. The van der Waals surface area contributed by atoms with Crippen LogP contribution in [0.5, 0.6) is 0 Å². The second-order valence-electron chi connectivity index (χ2n) is 6.21. The zero-order chi connectivity index (χ0) is 16.7. The van der Waals surface area contributed by atoms with E-state index in [4.69, 9.17) is 4.42 Å². The van der Waals surface area contributed by atoms with Crippen molar-refractivity contribution in [3.05, 3.63) is 82.6 Å². The summed E-state index contributed by atoms with van der Waals surface area (Å²) >= 11 is 0. The first-order valence-corrected chi connectivity index (χ1v) is 8.13. The molecule has 0 N–H and O–H groups in total. The van der Waals surface area contributed by atoms with Crippen molar-refractivity contribution in [2.75, 3.05) is 0 Å². The average Bonchev–Trinajstić information content (AvgIpc) is 2.92. The number of carbonyl (C=O) groups excluding carboxylic acids is 1. The first-order valence-electron chi connectivity index (χ1n) is 8.13. The molecule has 0 unspecified atom stereocenters. The van der Waals surface area contributed by atoms with Gasteiger partial charge in [-0.1, -0.05) is 54.6 Å². The summed E-state index contributed by atoms with van der Waals surface area (Å²) in [4.78, 5) is 11.6. The fraction of sp³-hybridized carbons (Fsp3) is 0.136. The van der Waals surface area contributed by atoms with Gasteiger partial charge in [0.2, 0.25) is 0 Å². The highest BCUT2D eigenvalue weighted by molar-refractivity contribution is 6.13. The average molecular weight is 314 g/mol. The largest absolute Gasteiger partial charge is 0.460 e. The first-order chi connectivity index (χ1) is 11.7. The van der Waals surface area contributed by atoms with Gasteiger partial charge in [0.1, 0.15) is 11.5 Å². The zero-order valence-corrected chi connectivity index (χ0v) is 13.8. The summed E-state index contributed by atoms with van der Waals surface area (Å²) in [7, 11) is 0. The number of carbonyl (C=O) groups is 1. The number of fused-ring (bicyclic) bond motifs is 3. The lowest BCUT2D eigenvalue weighted by atomic mass is 9.95. The van der Waals surface area contributed by atoms with Crippen LogP contribution < -0.4 is 0 Å². The zero-order valence-electron chi connectivity index (χ0n) is 13.8. The van der Waals surface area contributed by atoms with Gasteiger partial charge in [-0.15, -0.1) is 0 Å². The molecule has 0 saturated heterocycles. The lowest BCUT2D eigenvalue weighted by Gasteiger charge is -2.15. The molecular weight excluding hydrogens is 296 g/mol. The molecule has 0 fully saturated rings. The van der Waals surface area contributed by atoms with E-state index in [0.29, 0.717) is 11.3 Å². The molecule has 1 aliphatic heterocycles. The van der Waals surface area contributed by atoms with Crippen LogP contribution in [-0.4, -0.2) is 6.29 Å². The molecule has 0 saturated carbocycles. The van der Waals surface area contributed by atoms with E-state index in [1.54, 1.807) is 0 Å². The summed E-state index contributed by atoms with van der Waals surface area (Å²) in [5.41, 5.74) is 5.36. The SMILES string of the molecule is Cc1oc2c(C=O)c3ccccc3c-2c(C)c1Cc1ccccc1. The number of rotatable bonds is 3. The van der Waals surface area contributed by atoms with Crippen LogP contribution in [0.15, 0.2) is 59.0 Å². The van der Waals surface area contributed by atoms with E-state index in [1.165, 1.54) is 16.7 Å². The molecule has 4 rings (SSSR count). The summed E-state index contributed by atoms with van der Waals surface area (Å²) in [5.74, 6) is 1.58. The standard InChI is InChI=1S/C22H18O2/c1-14-19(12-16-8-4-3-5-9-16)15(2)24-22-20(13-23)17-10-6-7-11-18(17)21(14)22/h3-11,13H,12H2,1-2H3. The second-order valence-corrected chi connectivity index (χ2v) is 6.21. The van der Waals surface area contributed by atoms with E-state index in [-0.39, 0.29) is 0 Å². The van der Waals surface area contributed by atoms with Gasteiger partial charge in [-0.25, -0.2) is 0 Å². The molecule has 2 aromatic carbocycles. The minimum Gasteiger partial charge on any atom is -0.460 e. The summed E-state index contributed by atoms with van der Waals surface area (Å²) in [5, 5.41) is 2.05. The Balaban J connectivity index is 2.02. The predicted molar refractivity (Wildman–Crippen MR) is 96.9 cm³/mol. The number of aldehydes is 1. The van der Waals surface area contributed by atoms with Crippen molar-refractivity contribution in [1.29, 1.82) is 0 Å². The summed E-state index contributed by atoms with van der Waals surface area (Å²) in [6.07, 6.45) is 1.73. The summed E-state index contributed by atoms with van der Waals surface area (Å²) in [6, 6.07) is 18.4. The molecule has 118 valence electrons. The molecule has 0 amide bonds. The Morgan fingerprint density at radius 3 is 2.29 bits per heavy atom. The van der Waals surface area contributed by atoms with Gasteiger partial charge in [-0.3, -0.25) is 4.79 Å². The third-order valence-electron chi connectivity index (χ3n) is 4.81. The van der Waals surface area contributed by atoms with E-state index in [1.807, 2.05) is 31.2 Å².